The smallest absolute Gasteiger partial charge is 0.407 e. The fourth-order valence-corrected chi connectivity index (χ4v) is 8.51. The molecule has 1 amide bonds. The molecule has 0 bridgehead atoms. The molecule has 0 aliphatic rings. The van der Waals surface area contributed by atoms with Gasteiger partial charge in [-0.15, -0.1) is 0 Å². The standard InChI is InChI=1S/C57H108N2O10/c1-7-13-17-21-25-29-37-51(38-30-26-22-18-14-8-2)68-55(62)43-35-33-41-53(60)65-47-50(49-67-57(64)58-45-46-59(11-5)12-6)48-66-54(61)42-34-36-44-56(63)69-52(39-31-27-23-19-15-9-3)40-32-28-24-20-16-10-4/h50-52H,7-49H2,1-6H3,(H,58,64). The average molecular weight is 981 g/mol. The molecule has 0 aromatic carbocycles. The van der Waals surface area contributed by atoms with Crippen molar-refractivity contribution in [2.45, 2.75) is 285 Å². The van der Waals surface area contributed by atoms with Gasteiger partial charge in [0.1, 0.15) is 32.0 Å². The number of unbranched alkanes of at least 4 members (excludes halogenated alkanes) is 22. The van der Waals surface area contributed by atoms with Gasteiger partial charge in [0, 0.05) is 38.8 Å². The summed E-state index contributed by atoms with van der Waals surface area (Å²) in [6.45, 7) is 15.6. The van der Waals surface area contributed by atoms with Crippen molar-refractivity contribution in [3.63, 3.8) is 0 Å². The molecule has 0 saturated heterocycles. The molecule has 1 N–H and O–H groups in total. The minimum atomic E-state index is -0.592. The highest BCUT2D eigenvalue weighted by molar-refractivity contribution is 5.71. The van der Waals surface area contributed by atoms with Gasteiger partial charge in [-0.2, -0.15) is 0 Å². The third-order valence-electron chi connectivity index (χ3n) is 13.1. The minimum Gasteiger partial charge on any atom is -0.465 e. The highest BCUT2D eigenvalue weighted by atomic mass is 16.6. The number of amides is 1. The summed E-state index contributed by atoms with van der Waals surface area (Å²) in [5, 5.41) is 2.76. The maximum atomic E-state index is 12.9. The molecule has 0 saturated carbocycles. The van der Waals surface area contributed by atoms with Gasteiger partial charge < -0.3 is 33.9 Å². The number of carbonyl (C=O) groups is 5. The zero-order valence-electron chi connectivity index (χ0n) is 45.7. The van der Waals surface area contributed by atoms with Gasteiger partial charge >= 0.3 is 30.0 Å². The van der Waals surface area contributed by atoms with Crippen LogP contribution in [0, 0.1) is 5.92 Å². The number of nitrogens with zero attached hydrogens (tertiary/aromatic N) is 1. The molecule has 0 aromatic heterocycles. The van der Waals surface area contributed by atoms with Crippen LogP contribution in [0.5, 0.6) is 0 Å². The fraction of sp³-hybridized carbons (Fsp3) is 0.912. The van der Waals surface area contributed by atoms with E-state index in [1.165, 1.54) is 128 Å². The zero-order valence-corrected chi connectivity index (χ0v) is 45.7. The summed E-state index contributed by atoms with van der Waals surface area (Å²) in [4.78, 5) is 66.1. The number of hydrogen-bond donors (Lipinski definition) is 1. The van der Waals surface area contributed by atoms with E-state index in [4.69, 9.17) is 23.7 Å². The molecule has 0 rings (SSSR count). The first kappa shape index (κ1) is 66.1. The van der Waals surface area contributed by atoms with Gasteiger partial charge in [0.05, 0.1) is 5.92 Å². The van der Waals surface area contributed by atoms with Gasteiger partial charge in [-0.05, 0) is 90.1 Å². The Hall–Kier alpha value is -2.89. The Bertz CT molecular complexity index is 1110. The number of likely N-dealkylation sites (N-methyl/N-ethyl adjacent to an activating group) is 1. The molecule has 0 aliphatic carbocycles. The predicted octanol–water partition coefficient (Wildman–Crippen LogP) is 14.7. The molecule has 0 unspecified atom stereocenters. The molecule has 12 heteroatoms. The molecular formula is C57H108N2O10. The van der Waals surface area contributed by atoms with Crippen LogP contribution in [0.15, 0.2) is 0 Å². The van der Waals surface area contributed by atoms with Gasteiger partial charge in [0.2, 0.25) is 0 Å². The van der Waals surface area contributed by atoms with Crippen LogP contribution in [0.25, 0.3) is 0 Å². The van der Waals surface area contributed by atoms with Crippen LogP contribution in [0.3, 0.4) is 0 Å². The molecule has 0 aromatic rings. The Balaban J connectivity index is 5.01. The maximum Gasteiger partial charge on any atom is 0.407 e. The Kier molecular flexibility index (Phi) is 48.0. The molecule has 0 fully saturated rings. The molecule has 0 atom stereocenters. The van der Waals surface area contributed by atoms with Crippen molar-refractivity contribution in [3.8, 4) is 0 Å². The molecule has 0 spiro atoms. The summed E-state index contributed by atoms with van der Waals surface area (Å²) in [6, 6.07) is 0. The number of ether oxygens (including phenoxy) is 5. The summed E-state index contributed by atoms with van der Waals surface area (Å²) in [5.41, 5.74) is 0. The zero-order chi connectivity index (χ0) is 50.8. The maximum absolute atomic E-state index is 12.9. The molecular weight excluding hydrogens is 873 g/mol. The first-order chi connectivity index (χ1) is 33.6. The summed E-state index contributed by atoms with van der Waals surface area (Å²) in [7, 11) is 0. The van der Waals surface area contributed by atoms with E-state index >= 15 is 0 Å². The second-order valence-electron chi connectivity index (χ2n) is 19.6. The summed E-state index contributed by atoms with van der Waals surface area (Å²) < 4.78 is 28.5. The van der Waals surface area contributed by atoms with Crippen LogP contribution in [0.1, 0.15) is 273 Å². The molecule has 12 nitrogen and oxygen atoms in total. The lowest BCUT2D eigenvalue weighted by Gasteiger charge is -2.19. The largest absolute Gasteiger partial charge is 0.465 e. The molecule has 0 heterocycles. The Labute approximate surface area is 423 Å². The van der Waals surface area contributed by atoms with Gasteiger partial charge in [0.25, 0.3) is 0 Å². The number of nitrogens with one attached hydrogen (secondary N) is 1. The van der Waals surface area contributed by atoms with E-state index in [1.807, 2.05) is 0 Å². The quantitative estimate of drug-likeness (QED) is 0.0353. The summed E-state index contributed by atoms with van der Waals surface area (Å²) in [6.07, 6.45) is 34.7. The average Bonchev–Trinajstić information content (AvgIpc) is 3.34. The lowest BCUT2D eigenvalue weighted by molar-refractivity contribution is -0.152. The number of carbonyl (C=O) groups excluding carboxylic acids is 5. The fourth-order valence-electron chi connectivity index (χ4n) is 8.51. The van der Waals surface area contributed by atoms with Crippen LogP contribution in [0.4, 0.5) is 4.79 Å². The van der Waals surface area contributed by atoms with E-state index in [9.17, 15) is 24.0 Å². The number of hydrogen-bond acceptors (Lipinski definition) is 11. The van der Waals surface area contributed by atoms with E-state index in [0.29, 0.717) is 38.8 Å². The van der Waals surface area contributed by atoms with Crippen LogP contribution >= 0.6 is 0 Å². The summed E-state index contributed by atoms with van der Waals surface area (Å²) >= 11 is 0. The Morgan fingerprint density at radius 3 is 1.01 bits per heavy atom. The third kappa shape index (κ3) is 44.8. The third-order valence-corrected chi connectivity index (χ3v) is 13.1. The van der Waals surface area contributed by atoms with Crippen molar-refractivity contribution in [1.29, 1.82) is 0 Å². The molecule has 0 radical (unpaired) electrons. The van der Waals surface area contributed by atoms with Crippen LogP contribution in [-0.4, -0.2) is 93.1 Å². The number of alkyl carbamates (subject to hydrolysis) is 1. The molecule has 69 heavy (non-hydrogen) atoms. The second kappa shape index (κ2) is 50.1. The monoisotopic (exact) mass is 981 g/mol. The van der Waals surface area contributed by atoms with Crippen molar-refractivity contribution < 1.29 is 47.7 Å². The van der Waals surface area contributed by atoms with Crippen molar-refractivity contribution in [2.75, 3.05) is 46.0 Å². The van der Waals surface area contributed by atoms with Crippen molar-refractivity contribution in [1.82, 2.24) is 10.2 Å². The van der Waals surface area contributed by atoms with E-state index < -0.39 is 23.9 Å². The first-order valence-corrected chi connectivity index (χ1v) is 28.9. The van der Waals surface area contributed by atoms with E-state index in [-0.39, 0.29) is 69.7 Å². The molecule has 0 aliphatic heterocycles. The van der Waals surface area contributed by atoms with E-state index in [2.05, 4.69) is 51.8 Å². The normalized spacial score (nSPS) is 11.4. The number of rotatable bonds is 51. The van der Waals surface area contributed by atoms with Gasteiger partial charge in [-0.1, -0.05) is 170 Å². The van der Waals surface area contributed by atoms with E-state index in [0.717, 1.165) is 64.5 Å². The van der Waals surface area contributed by atoms with Crippen LogP contribution in [0.2, 0.25) is 0 Å². The van der Waals surface area contributed by atoms with E-state index in [1.54, 1.807) is 0 Å². The summed E-state index contributed by atoms with van der Waals surface area (Å²) in [5.74, 6) is -1.83. The predicted molar refractivity (Wildman–Crippen MR) is 281 cm³/mol. The minimum absolute atomic E-state index is 0.0433. The van der Waals surface area contributed by atoms with Crippen LogP contribution in [-0.2, 0) is 42.9 Å². The Morgan fingerprint density at radius 1 is 0.377 bits per heavy atom. The first-order valence-electron chi connectivity index (χ1n) is 28.9. The lowest BCUT2D eigenvalue weighted by Crippen LogP contribution is -2.36. The Morgan fingerprint density at radius 2 is 0.681 bits per heavy atom. The second-order valence-corrected chi connectivity index (χ2v) is 19.6. The van der Waals surface area contributed by atoms with Crippen molar-refractivity contribution >= 4 is 30.0 Å². The van der Waals surface area contributed by atoms with Crippen LogP contribution < -0.4 is 5.32 Å². The number of esters is 4. The van der Waals surface area contributed by atoms with Gasteiger partial charge in [-0.25, -0.2) is 4.79 Å². The topological polar surface area (TPSA) is 147 Å². The highest BCUT2D eigenvalue weighted by Gasteiger charge is 2.20. The van der Waals surface area contributed by atoms with Gasteiger partial charge in [-0.3, -0.25) is 19.2 Å². The lowest BCUT2D eigenvalue weighted by atomic mass is 10.0. The van der Waals surface area contributed by atoms with Crippen molar-refractivity contribution in [3.05, 3.63) is 0 Å². The SMILES string of the molecule is CCCCCCCCC(CCCCCCCC)OC(=O)CCCCC(=O)OCC(COC(=O)CCCCC(=O)OC(CCCCCCCC)CCCCCCCC)COC(=O)NCCN(CC)CC. The molecule has 406 valence electrons. The van der Waals surface area contributed by atoms with Crippen molar-refractivity contribution in [2.24, 2.45) is 5.92 Å². The highest BCUT2D eigenvalue weighted by Crippen LogP contribution is 2.20. The van der Waals surface area contributed by atoms with Gasteiger partial charge in [0.15, 0.2) is 0 Å².